The van der Waals surface area contributed by atoms with Crippen molar-refractivity contribution in [2.24, 2.45) is 7.05 Å². The fourth-order valence-corrected chi connectivity index (χ4v) is 3.14. The van der Waals surface area contributed by atoms with Gasteiger partial charge in [-0.25, -0.2) is 0 Å². The van der Waals surface area contributed by atoms with E-state index in [2.05, 4.69) is 18.9 Å². The molecule has 2 aromatic carbocycles. The van der Waals surface area contributed by atoms with E-state index in [1.807, 2.05) is 49.5 Å². The minimum Gasteiger partial charge on any atom is -0.311 e. The topological polar surface area (TPSA) is 22.0 Å². The van der Waals surface area contributed by atoms with Gasteiger partial charge in [0.05, 0.1) is 5.52 Å². The molecule has 0 amide bonds. The quantitative estimate of drug-likeness (QED) is 0.666. The highest BCUT2D eigenvalue weighted by Gasteiger charge is 2.16. The van der Waals surface area contributed by atoms with Gasteiger partial charge in [-0.2, -0.15) is 0 Å². The Kier molecular flexibility index (Phi) is 4.04. The Morgan fingerprint density at radius 1 is 1.13 bits per heavy atom. The van der Waals surface area contributed by atoms with E-state index in [4.69, 9.17) is 6.42 Å². The first-order chi connectivity index (χ1) is 11.2. The number of hydrogen-bond donors (Lipinski definition) is 0. The Morgan fingerprint density at radius 3 is 2.65 bits per heavy atom. The maximum absolute atomic E-state index is 12.8. The number of terminal acetylenes is 1. The molecule has 114 valence electrons. The molecule has 0 unspecified atom stereocenters. The summed E-state index contributed by atoms with van der Waals surface area (Å²) in [6.45, 7) is 2.09. The van der Waals surface area contributed by atoms with Crippen LogP contribution in [0.3, 0.4) is 0 Å². The predicted octanol–water partition coefficient (Wildman–Crippen LogP) is 4.14. The lowest BCUT2D eigenvalue weighted by molar-refractivity contribution is 0.842. The van der Waals surface area contributed by atoms with Gasteiger partial charge in [0, 0.05) is 23.6 Å². The SMILES string of the molecule is C#Cc1cccc(-c2c(CCC)c(=O)n(C)c3ccccc23)c1. The highest BCUT2D eigenvalue weighted by atomic mass is 16.1. The molecule has 0 saturated carbocycles. The molecule has 3 aromatic rings. The highest BCUT2D eigenvalue weighted by molar-refractivity contribution is 5.96. The molecule has 0 radical (unpaired) electrons. The first kappa shape index (κ1) is 15.1. The zero-order valence-corrected chi connectivity index (χ0v) is 13.5. The van der Waals surface area contributed by atoms with Gasteiger partial charge in [-0.1, -0.05) is 49.6 Å². The summed E-state index contributed by atoms with van der Waals surface area (Å²) in [6, 6.07) is 15.9. The van der Waals surface area contributed by atoms with Gasteiger partial charge in [-0.05, 0) is 35.7 Å². The van der Waals surface area contributed by atoms with Gasteiger partial charge in [0.15, 0.2) is 0 Å². The van der Waals surface area contributed by atoms with Crippen LogP contribution in [-0.2, 0) is 13.5 Å². The van der Waals surface area contributed by atoms with E-state index >= 15 is 0 Å². The van der Waals surface area contributed by atoms with E-state index < -0.39 is 0 Å². The van der Waals surface area contributed by atoms with Gasteiger partial charge in [0.1, 0.15) is 0 Å². The number of benzene rings is 2. The van der Waals surface area contributed by atoms with Gasteiger partial charge >= 0.3 is 0 Å². The summed E-state index contributed by atoms with van der Waals surface area (Å²) >= 11 is 0. The second-order valence-corrected chi connectivity index (χ2v) is 5.71. The predicted molar refractivity (Wildman–Crippen MR) is 96.6 cm³/mol. The third-order valence-corrected chi connectivity index (χ3v) is 4.22. The first-order valence-corrected chi connectivity index (χ1v) is 7.85. The molecule has 0 aliphatic heterocycles. The van der Waals surface area contributed by atoms with E-state index in [1.54, 1.807) is 4.57 Å². The van der Waals surface area contributed by atoms with Gasteiger partial charge in [-0.3, -0.25) is 4.79 Å². The fraction of sp³-hybridized carbons (Fsp3) is 0.190. The summed E-state index contributed by atoms with van der Waals surface area (Å²) in [4.78, 5) is 12.8. The van der Waals surface area contributed by atoms with E-state index in [0.29, 0.717) is 0 Å². The van der Waals surface area contributed by atoms with Crippen molar-refractivity contribution in [3.63, 3.8) is 0 Å². The van der Waals surface area contributed by atoms with Gasteiger partial charge in [0.2, 0.25) is 0 Å². The number of pyridine rings is 1. The van der Waals surface area contributed by atoms with Crippen molar-refractivity contribution in [1.29, 1.82) is 0 Å². The molecule has 2 nitrogen and oxygen atoms in total. The van der Waals surface area contributed by atoms with Crippen molar-refractivity contribution in [2.45, 2.75) is 19.8 Å². The molecule has 0 aliphatic carbocycles. The zero-order chi connectivity index (χ0) is 16.4. The second-order valence-electron chi connectivity index (χ2n) is 5.71. The molecule has 0 bridgehead atoms. The van der Waals surface area contributed by atoms with Crippen molar-refractivity contribution in [1.82, 2.24) is 4.57 Å². The number of fused-ring (bicyclic) bond motifs is 1. The summed E-state index contributed by atoms with van der Waals surface area (Å²) in [7, 11) is 1.84. The number of para-hydroxylation sites is 1. The van der Waals surface area contributed by atoms with Crippen molar-refractivity contribution in [3.8, 4) is 23.5 Å². The fourth-order valence-electron chi connectivity index (χ4n) is 3.14. The average molecular weight is 301 g/mol. The third-order valence-electron chi connectivity index (χ3n) is 4.22. The molecular formula is C21H19NO. The Morgan fingerprint density at radius 2 is 1.91 bits per heavy atom. The Hall–Kier alpha value is -2.79. The molecule has 0 atom stereocenters. The van der Waals surface area contributed by atoms with Crippen LogP contribution in [0, 0.1) is 12.3 Å². The van der Waals surface area contributed by atoms with Crippen LogP contribution in [0.25, 0.3) is 22.0 Å². The van der Waals surface area contributed by atoms with Crippen LogP contribution in [-0.4, -0.2) is 4.57 Å². The van der Waals surface area contributed by atoms with Crippen LogP contribution < -0.4 is 5.56 Å². The van der Waals surface area contributed by atoms with E-state index in [-0.39, 0.29) is 5.56 Å². The second kappa shape index (κ2) is 6.14. The Bertz CT molecular complexity index is 973. The maximum Gasteiger partial charge on any atom is 0.254 e. The van der Waals surface area contributed by atoms with Crippen LogP contribution in [0.5, 0.6) is 0 Å². The van der Waals surface area contributed by atoms with Gasteiger partial charge in [-0.15, -0.1) is 6.42 Å². The molecule has 0 spiro atoms. The zero-order valence-electron chi connectivity index (χ0n) is 13.5. The highest BCUT2D eigenvalue weighted by Crippen LogP contribution is 2.31. The van der Waals surface area contributed by atoms with Crippen molar-refractivity contribution >= 4 is 10.9 Å². The third kappa shape index (κ3) is 2.55. The van der Waals surface area contributed by atoms with Crippen LogP contribution in [0.2, 0.25) is 0 Å². The lowest BCUT2D eigenvalue weighted by Gasteiger charge is -2.16. The minimum atomic E-state index is 0.0756. The largest absolute Gasteiger partial charge is 0.311 e. The van der Waals surface area contributed by atoms with Crippen molar-refractivity contribution in [3.05, 3.63) is 70.0 Å². The standard InChI is InChI=1S/C21H19NO/c1-4-9-18-20(16-11-8-10-15(5-2)14-16)17-12-6-7-13-19(17)22(3)21(18)23/h2,6-8,10-14H,4,9H2,1,3H3. The van der Waals surface area contributed by atoms with Gasteiger partial charge < -0.3 is 4.57 Å². The number of aryl methyl sites for hydroxylation is 1. The summed E-state index contributed by atoms with van der Waals surface area (Å²) in [5.41, 5.74) is 4.74. The normalized spacial score (nSPS) is 10.7. The molecular weight excluding hydrogens is 282 g/mol. The van der Waals surface area contributed by atoms with Crippen LogP contribution in [0.1, 0.15) is 24.5 Å². The number of hydrogen-bond acceptors (Lipinski definition) is 1. The van der Waals surface area contributed by atoms with Crippen molar-refractivity contribution in [2.75, 3.05) is 0 Å². The Balaban J connectivity index is 2.46. The monoisotopic (exact) mass is 301 g/mol. The van der Waals surface area contributed by atoms with E-state index in [1.165, 1.54) is 0 Å². The molecule has 1 heterocycles. The van der Waals surface area contributed by atoms with E-state index in [9.17, 15) is 4.79 Å². The average Bonchev–Trinajstić information content (AvgIpc) is 2.60. The first-order valence-electron chi connectivity index (χ1n) is 7.85. The summed E-state index contributed by atoms with van der Waals surface area (Å²) in [6.07, 6.45) is 7.23. The summed E-state index contributed by atoms with van der Waals surface area (Å²) < 4.78 is 1.74. The van der Waals surface area contributed by atoms with Gasteiger partial charge in [0.25, 0.3) is 5.56 Å². The van der Waals surface area contributed by atoms with Crippen molar-refractivity contribution < 1.29 is 0 Å². The smallest absolute Gasteiger partial charge is 0.254 e. The number of rotatable bonds is 3. The Labute approximate surface area is 136 Å². The maximum atomic E-state index is 12.8. The molecule has 1 aromatic heterocycles. The van der Waals surface area contributed by atoms with E-state index in [0.717, 1.165) is 46.0 Å². The lowest BCUT2D eigenvalue weighted by atomic mass is 9.93. The van der Waals surface area contributed by atoms with Crippen LogP contribution >= 0.6 is 0 Å². The molecule has 0 N–H and O–H groups in total. The molecule has 0 saturated heterocycles. The number of aromatic nitrogens is 1. The molecule has 0 fully saturated rings. The molecule has 2 heteroatoms. The minimum absolute atomic E-state index is 0.0756. The van der Waals surface area contributed by atoms with Crippen LogP contribution in [0.4, 0.5) is 0 Å². The summed E-state index contributed by atoms with van der Waals surface area (Å²) in [5.74, 6) is 2.68. The van der Waals surface area contributed by atoms with Crippen LogP contribution in [0.15, 0.2) is 53.3 Å². The molecule has 0 aliphatic rings. The lowest BCUT2D eigenvalue weighted by Crippen LogP contribution is -2.22. The number of nitrogens with zero attached hydrogens (tertiary/aromatic N) is 1. The molecule has 23 heavy (non-hydrogen) atoms. The molecule has 3 rings (SSSR count). The summed E-state index contributed by atoms with van der Waals surface area (Å²) in [5, 5.41) is 1.09.